The molecule has 0 fully saturated rings. The summed E-state index contributed by atoms with van der Waals surface area (Å²) in [7, 11) is -4.06. The Balaban J connectivity index is 1.61. The quantitative estimate of drug-likeness (QED) is 0.390. The summed E-state index contributed by atoms with van der Waals surface area (Å²) in [4.78, 5) is 15.3. The van der Waals surface area contributed by atoms with E-state index in [9.17, 15) is 13.2 Å². The van der Waals surface area contributed by atoms with Crippen molar-refractivity contribution >= 4 is 21.1 Å². The highest BCUT2D eigenvalue weighted by molar-refractivity contribution is 7.87. The molecular weight excluding hydrogens is 372 g/mol. The first-order valence-electron chi connectivity index (χ1n) is 7.80. The molecule has 0 saturated heterocycles. The predicted octanol–water partition coefficient (Wildman–Crippen LogP) is 2.92. The second-order valence-electron chi connectivity index (χ2n) is 5.65. The van der Waals surface area contributed by atoms with Crippen LogP contribution in [0.5, 0.6) is 5.75 Å². The Morgan fingerprint density at radius 3 is 2.48 bits per heavy atom. The minimum absolute atomic E-state index is 0.0540. The molecule has 0 atom stereocenters. The van der Waals surface area contributed by atoms with Gasteiger partial charge in [-0.2, -0.15) is 13.4 Å². The minimum Gasteiger partial charge on any atom is -0.423 e. The summed E-state index contributed by atoms with van der Waals surface area (Å²) in [5.41, 5.74) is 0.449. The molecule has 0 aliphatic carbocycles. The van der Waals surface area contributed by atoms with E-state index in [1.165, 1.54) is 42.5 Å². The average molecular weight is 384 g/mol. The second-order valence-corrected chi connectivity index (χ2v) is 7.20. The highest BCUT2D eigenvalue weighted by Gasteiger charge is 2.18. The van der Waals surface area contributed by atoms with Crippen molar-refractivity contribution in [1.82, 2.24) is 10.1 Å². The van der Waals surface area contributed by atoms with Crippen LogP contribution >= 0.6 is 0 Å². The molecule has 2 heterocycles. The van der Waals surface area contributed by atoms with Gasteiger partial charge in [0.25, 0.3) is 0 Å². The molecule has 27 heavy (non-hydrogen) atoms. The number of aromatic nitrogens is 2. The first kappa shape index (κ1) is 17.0. The molecule has 8 nitrogen and oxygen atoms in total. The highest BCUT2D eigenvalue weighted by atomic mass is 32.2. The molecule has 0 bridgehead atoms. The van der Waals surface area contributed by atoms with Crippen molar-refractivity contribution < 1.29 is 21.5 Å². The van der Waals surface area contributed by atoms with Gasteiger partial charge in [0.15, 0.2) is 0 Å². The van der Waals surface area contributed by atoms with E-state index in [0.717, 1.165) is 0 Å². The fourth-order valence-electron chi connectivity index (χ4n) is 2.46. The van der Waals surface area contributed by atoms with Crippen LogP contribution in [0.2, 0.25) is 0 Å². The Bertz CT molecular complexity index is 1290. The van der Waals surface area contributed by atoms with Gasteiger partial charge < -0.3 is 13.1 Å². The van der Waals surface area contributed by atoms with Crippen LogP contribution < -0.4 is 9.81 Å². The van der Waals surface area contributed by atoms with Crippen molar-refractivity contribution in [3.05, 3.63) is 70.9 Å². The largest absolute Gasteiger partial charge is 0.423 e. The van der Waals surface area contributed by atoms with Crippen LogP contribution in [0.4, 0.5) is 0 Å². The van der Waals surface area contributed by atoms with Crippen LogP contribution in [0, 0.1) is 6.92 Å². The summed E-state index contributed by atoms with van der Waals surface area (Å²) in [5, 5.41) is 4.27. The van der Waals surface area contributed by atoms with E-state index in [-0.39, 0.29) is 10.6 Å². The maximum atomic E-state index is 12.5. The molecule has 4 aromatic rings. The molecule has 0 amide bonds. The molecule has 0 aliphatic heterocycles. The molecule has 0 unspecified atom stereocenters. The summed E-state index contributed by atoms with van der Waals surface area (Å²) < 4.78 is 40.1. The summed E-state index contributed by atoms with van der Waals surface area (Å²) in [6.45, 7) is 1.68. The van der Waals surface area contributed by atoms with Gasteiger partial charge in [0.2, 0.25) is 11.7 Å². The van der Waals surface area contributed by atoms with Crippen LogP contribution in [0.15, 0.2) is 73.2 Å². The SMILES string of the molecule is Cc1nc(-c2ccc(OS(=O)(=O)c3ccc4oc(=O)ccc4c3)cc2)no1. The third-order valence-electron chi connectivity index (χ3n) is 3.73. The molecule has 0 spiro atoms. The number of hydrogen-bond acceptors (Lipinski definition) is 8. The highest BCUT2D eigenvalue weighted by Crippen LogP contribution is 2.24. The summed E-state index contributed by atoms with van der Waals surface area (Å²) >= 11 is 0. The third-order valence-corrected chi connectivity index (χ3v) is 4.97. The van der Waals surface area contributed by atoms with Crippen LogP contribution in [0.3, 0.4) is 0 Å². The number of benzene rings is 2. The molecular formula is C18H12N2O6S. The van der Waals surface area contributed by atoms with Crippen LogP contribution in [-0.4, -0.2) is 18.6 Å². The zero-order chi connectivity index (χ0) is 19.0. The molecule has 9 heteroatoms. The summed E-state index contributed by atoms with van der Waals surface area (Å²) in [5.74, 6) is 0.969. The molecule has 0 saturated carbocycles. The molecule has 0 radical (unpaired) electrons. The van der Waals surface area contributed by atoms with E-state index < -0.39 is 15.7 Å². The standard InChI is InChI=1S/C18H12N2O6S/c1-11-19-18(20-25-11)12-2-5-14(6-3-12)26-27(22,23)15-7-8-16-13(10-15)4-9-17(21)24-16/h2-10H,1H3. The number of rotatable bonds is 4. The number of fused-ring (bicyclic) bond motifs is 1. The molecule has 2 aromatic heterocycles. The predicted molar refractivity (Wildman–Crippen MR) is 94.8 cm³/mol. The Morgan fingerprint density at radius 2 is 1.78 bits per heavy atom. The van der Waals surface area contributed by atoms with Crippen molar-refractivity contribution in [1.29, 1.82) is 0 Å². The first-order chi connectivity index (χ1) is 12.9. The van der Waals surface area contributed by atoms with Gasteiger partial charge in [-0.25, -0.2) is 4.79 Å². The molecule has 0 N–H and O–H groups in total. The van der Waals surface area contributed by atoms with E-state index in [1.807, 2.05) is 0 Å². The van der Waals surface area contributed by atoms with Gasteiger partial charge >= 0.3 is 15.7 Å². The van der Waals surface area contributed by atoms with Gasteiger partial charge in [-0.3, -0.25) is 0 Å². The van der Waals surface area contributed by atoms with E-state index in [4.69, 9.17) is 13.1 Å². The van der Waals surface area contributed by atoms with Gasteiger partial charge in [-0.15, -0.1) is 0 Å². The monoisotopic (exact) mass is 384 g/mol. The Morgan fingerprint density at radius 1 is 1.00 bits per heavy atom. The van der Waals surface area contributed by atoms with Crippen molar-refractivity contribution in [3.63, 3.8) is 0 Å². The number of aryl methyl sites for hydroxylation is 1. The van der Waals surface area contributed by atoms with E-state index in [0.29, 0.717) is 28.2 Å². The zero-order valence-corrected chi connectivity index (χ0v) is 14.8. The fourth-order valence-corrected chi connectivity index (χ4v) is 3.42. The number of nitrogens with zero attached hydrogens (tertiary/aromatic N) is 2. The van der Waals surface area contributed by atoms with Gasteiger partial charge in [0.1, 0.15) is 16.2 Å². The normalized spacial score (nSPS) is 11.6. The molecule has 4 rings (SSSR count). The zero-order valence-electron chi connectivity index (χ0n) is 13.9. The lowest BCUT2D eigenvalue weighted by molar-refractivity contribution is 0.394. The van der Waals surface area contributed by atoms with E-state index >= 15 is 0 Å². The maximum Gasteiger partial charge on any atom is 0.339 e. The smallest absolute Gasteiger partial charge is 0.339 e. The first-order valence-corrected chi connectivity index (χ1v) is 9.21. The van der Waals surface area contributed by atoms with Crippen molar-refractivity contribution in [3.8, 4) is 17.1 Å². The van der Waals surface area contributed by atoms with Crippen LogP contribution in [-0.2, 0) is 10.1 Å². The van der Waals surface area contributed by atoms with Gasteiger partial charge in [-0.1, -0.05) is 5.16 Å². The third kappa shape index (κ3) is 3.44. The number of hydrogen-bond donors (Lipinski definition) is 0. The van der Waals surface area contributed by atoms with E-state index in [1.54, 1.807) is 19.1 Å². The summed E-state index contributed by atoms with van der Waals surface area (Å²) in [6, 6.07) is 13.1. The van der Waals surface area contributed by atoms with E-state index in [2.05, 4.69) is 10.1 Å². The lowest BCUT2D eigenvalue weighted by atomic mass is 10.2. The lowest BCUT2D eigenvalue weighted by Crippen LogP contribution is -2.09. The second kappa shape index (κ2) is 6.36. The van der Waals surface area contributed by atoms with Crippen molar-refractivity contribution in [2.24, 2.45) is 0 Å². The van der Waals surface area contributed by atoms with Crippen LogP contribution in [0.1, 0.15) is 5.89 Å². The van der Waals surface area contributed by atoms with Gasteiger partial charge in [-0.05, 0) is 48.5 Å². The molecule has 136 valence electrons. The average Bonchev–Trinajstić information content (AvgIpc) is 3.08. The Hall–Kier alpha value is -3.46. The fraction of sp³-hybridized carbons (Fsp3) is 0.0556. The Labute approximate surface area is 153 Å². The molecule has 2 aromatic carbocycles. The van der Waals surface area contributed by atoms with Crippen molar-refractivity contribution in [2.45, 2.75) is 11.8 Å². The maximum absolute atomic E-state index is 12.5. The van der Waals surface area contributed by atoms with Crippen molar-refractivity contribution in [2.75, 3.05) is 0 Å². The summed E-state index contributed by atoms with van der Waals surface area (Å²) in [6.07, 6.45) is 0. The molecule has 0 aliphatic rings. The topological polar surface area (TPSA) is 112 Å². The Kier molecular flexibility index (Phi) is 4.00. The lowest BCUT2D eigenvalue weighted by Gasteiger charge is -2.08. The van der Waals surface area contributed by atoms with Gasteiger partial charge in [0.05, 0.1) is 0 Å². The minimum atomic E-state index is -4.06. The van der Waals surface area contributed by atoms with Crippen LogP contribution in [0.25, 0.3) is 22.4 Å². The van der Waals surface area contributed by atoms with Gasteiger partial charge in [0, 0.05) is 23.9 Å².